The fraction of sp³-hybridized carbons (Fsp3) is 0.192. The Morgan fingerprint density at radius 1 is 1.14 bits per heavy atom. The van der Waals surface area contributed by atoms with Crippen molar-refractivity contribution in [3.63, 3.8) is 0 Å². The van der Waals surface area contributed by atoms with Crippen LogP contribution < -0.4 is 10.3 Å². The van der Waals surface area contributed by atoms with Crippen molar-refractivity contribution in [2.45, 2.75) is 32.8 Å². The van der Waals surface area contributed by atoms with Gasteiger partial charge >= 0.3 is 0 Å². The molecule has 0 fully saturated rings. The smallest absolute Gasteiger partial charge is 0.282 e. The highest BCUT2D eigenvalue weighted by molar-refractivity contribution is 14.1. The molecule has 0 N–H and O–H groups in total. The summed E-state index contributed by atoms with van der Waals surface area (Å²) in [6.45, 7) is 2.38. The topological polar surface area (TPSA) is 99.6 Å². The lowest BCUT2D eigenvalue weighted by molar-refractivity contribution is -0.384. The quantitative estimate of drug-likeness (QED) is 0.0782. The molecule has 0 aliphatic carbocycles. The van der Waals surface area contributed by atoms with Crippen LogP contribution in [0, 0.1) is 17.3 Å². The number of aromatic nitrogens is 2. The Hall–Kier alpha value is -2.39. The van der Waals surface area contributed by atoms with Gasteiger partial charge in [-0.2, -0.15) is 9.78 Å². The van der Waals surface area contributed by atoms with Crippen LogP contribution in [0.1, 0.15) is 36.7 Å². The number of hydrogen-bond acceptors (Lipinski definition) is 6. The van der Waals surface area contributed by atoms with Crippen molar-refractivity contribution in [3.8, 4) is 5.75 Å². The molecule has 0 spiro atoms. The molecular weight excluding hydrogens is 766 g/mol. The fourth-order valence-electron chi connectivity index (χ4n) is 3.60. The Labute approximate surface area is 248 Å². The second-order valence-corrected chi connectivity index (χ2v) is 11.4. The van der Waals surface area contributed by atoms with Gasteiger partial charge in [0.15, 0.2) is 0 Å². The molecule has 0 aliphatic rings. The lowest BCUT2D eigenvalue weighted by Gasteiger charge is -2.12. The molecule has 0 radical (unpaired) electrons. The number of rotatable bonds is 9. The molecule has 4 aromatic rings. The first-order valence-corrected chi connectivity index (χ1v) is 14.3. The summed E-state index contributed by atoms with van der Waals surface area (Å²) in [6.07, 6.45) is 4.20. The summed E-state index contributed by atoms with van der Waals surface area (Å²) in [4.78, 5) is 28.4. The van der Waals surface area contributed by atoms with E-state index in [1.807, 2.05) is 24.3 Å². The average molecular weight is 787 g/mol. The lowest BCUT2D eigenvalue weighted by Crippen LogP contribution is -2.22. The van der Waals surface area contributed by atoms with Crippen LogP contribution in [0.3, 0.4) is 0 Å². The van der Waals surface area contributed by atoms with Gasteiger partial charge in [0.25, 0.3) is 11.2 Å². The Morgan fingerprint density at radius 3 is 2.49 bits per heavy atom. The number of nitro groups is 1. The molecule has 4 rings (SSSR count). The largest absolute Gasteiger partial charge is 0.487 e. The van der Waals surface area contributed by atoms with E-state index >= 15 is 0 Å². The maximum absolute atomic E-state index is 13.3. The molecule has 0 saturated heterocycles. The molecule has 0 saturated carbocycles. The predicted octanol–water partition coefficient (Wildman–Crippen LogP) is 7.08. The summed E-state index contributed by atoms with van der Waals surface area (Å²) >= 11 is 7.84. The first-order chi connectivity index (χ1) is 17.8. The number of hydrogen-bond donors (Lipinski definition) is 0. The summed E-state index contributed by atoms with van der Waals surface area (Å²) in [5, 5.41) is 15.9. The molecule has 190 valence electrons. The van der Waals surface area contributed by atoms with Gasteiger partial charge in [-0.05, 0) is 105 Å². The van der Waals surface area contributed by atoms with E-state index in [0.29, 0.717) is 23.1 Å². The number of halogens is 3. The maximum atomic E-state index is 13.3. The minimum absolute atomic E-state index is 0.0442. The second-order valence-electron chi connectivity index (χ2n) is 8.18. The summed E-state index contributed by atoms with van der Waals surface area (Å²) in [6, 6.07) is 15.6. The minimum atomic E-state index is -0.426. The van der Waals surface area contributed by atoms with E-state index in [0.717, 1.165) is 41.3 Å². The molecule has 0 atom stereocenters. The van der Waals surface area contributed by atoms with Crippen LogP contribution in [0.15, 0.2) is 69.0 Å². The van der Waals surface area contributed by atoms with Gasteiger partial charge in [0, 0.05) is 23.0 Å². The van der Waals surface area contributed by atoms with Gasteiger partial charge in [-0.1, -0.05) is 29.3 Å². The Balaban J connectivity index is 1.60. The maximum Gasteiger partial charge on any atom is 0.282 e. The van der Waals surface area contributed by atoms with E-state index in [1.54, 1.807) is 24.4 Å². The van der Waals surface area contributed by atoms with Gasteiger partial charge in [0.1, 0.15) is 18.2 Å². The number of benzene rings is 3. The highest BCUT2D eigenvalue weighted by atomic mass is 127. The van der Waals surface area contributed by atoms with Crippen LogP contribution in [0.4, 0.5) is 5.69 Å². The number of ether oxygens (including phenoxy) is 1. The molecule has 37 heavy (non-hydrogen) atoms. The molecular formula is C26H21BrI2N4O4. The van der Waals surface area contributed by atoms with E-state index in [2.05, 4.69) is 73.1 Å². The highest BCUT2D eigenvalue weighted by Crippen LogP contribution is 2.29. The van der Waals surface area contributed by atoms with E-state index < -0.39 is 4.92 Å². The van der Waals surface area contributed by atoms with E-state index in [-0.39, 0.29) is 17.9 Å². The molecule has 0 bridgehead atoms. The Kier molecular flexibility index (Phi) is 9.29. The number of unbranched alkanes of at least 4 members (excludes halogenated alkanes) is 1. The number of aryl methyl sites for hydroxylation is 1. The van der Waals surface area contributed by atoms with Gasteiger partial charge < -0.3 is 4.74 Å². The Bertz CT molecular complexity index is 1530. The van der Waals surface area contributed by atoms with Crippen molar-refractivity contribution in [2.75, 3.05) is 0 Å². The Morgan fingerprint density at radius 2 is 1.84 bits per heavy atom. The molecule has 0 amide bonds. The number of fused-ring (bicyclic) bond motifs is 1. The molecule has 0 unspecified atom stereocenters. The van der Waals surface area contributed by atoms with Crippen LogP contribution in [-0.2, 0) is 13.0 Å². The molecule has 1 heterocycles. The minimum Gasteiger partial charge on any atom is -0.487 e. The SMILES string of the molecule is CCCCc1nc2ccc(Br)cc2c(=O)n1N=Cc1cc(I)c(OCc2ccc([N+](=O)[O-])cc2)c(I)c1. The summed E-state index contributed by atoms with van der Waals surface area (Å²) < 4.78 is 9.98. The van der Waals surface area contributed by atoms with Gasteiger partial charge in [0.05, 0.1) is 29.2 Å². The van der Waals surface area contributed by atoms with Crippen molar-refractivity contribution in [2.24, 2.45) is 5.10 Å². The summed E-state index contributed by atoms with van der Waals surface area (Å²) in [5.41, 5.74) is 2.14. The zero-order valence-corrected chi connectivity index (χ0v) is 25.6. The molecule has 8 nitrogen and oxygen atoms in total. The number of nitro benzene ring substituents is 1. The van der Waals surface area contributed by atoms with E-state index in [9.17, 15) is 14.9 Å². The van der Waals surface area contributed by atoms with Crippen LogP contribution in [0.5, 0.6) is 5.75 Å². The second kappa shape index (κ2) is 12.4. The zero-order chi connectivity index (χ0) is 26.5. The lowest BCUT2D eigenvalue weighted by atomic mass is 10.2. The summed E-state index contributed by atoms with van der Waals surface area (Å²) in [5.74, 6) is 1.35. The normalized spacial score (nSPS) is 11.4. The van der Waals surface area contributed by atoms with Crippen LogP contribution in [0.25, 0.3) is 10.9 Å². The van der Waals surface area contributed by atoms with Gasteiger partial charge in [-0.15, -0.1) is 0 Å². The summed E-state index contributed by atoms with van der Waals surface area (Å²) in [7, 11) is 0. The molecule has 0 aliphatic heterocycles. The third kappa shape index (κ3) is 6.74. The molecule has 11 heteroatoms. The van der Waals surface area contributed by atoms with Crippen molar-refractivity contribution < 1.29 is 9.66 Å². The van der Waals surface area contributed by atoms with Crippen LogP contribution >= 0.6 is 61.1 Å². The van der Waals surface area contributed by atoms with Crippen molar-refractivity contribution in [1.82, 2.24) is 9.66 Å². The van der Waals surface area contributed by atoms with E-state index in [1.165, 1.54) is 16.8 Å². The number of nitrogens with zero attached hydrogens (tertiary/aromatic N) is 4. The fourth-order valence-corrected chi connectivity index (χ4v) is 6.09. The van der Waals surface area contributed by atoms with E-state index in [4.69, 9.17) is 9.72 Å². The zero-order valence-electron chi connectivity index (χ0n) is 19.7. The standard InChI is InChI=1S/C26H21BrI2N4O4/c1-2-3-4-24-31-23-10-7-18(27)13-20(23)26(34)32(24)30-14-17-11-21(28)25(22(29)12-17)37-15-16-5-8-19(9-6-16)33(35)36/h5-14H,2-4,15H2,1H3. The van der Waals surface area contributed by atoms with Crippen molar-refractivity contribution in [1.29, 1.82) is 0 Å². The highest BCUT2D eigenvalue weighted by Gasteiger charge is 2.13. The molecule has 1 aromatic heterocycles. The first-order valence-electron chi connectivity index (χ1n) is 11.4. The van der Waals surface area contributed by atoms with Crippen LogP contribution in [0.2, 0.25) is 0 Å². The van der Waals surface area contributed by atoms with Crippen molar-refractivity contribution >= 4 is 83.9 Å². The number of non-ortho nitro benzene ring substituents is 1. The molecule has 3 aromatic carbocycles. The van der Waals surface area contributed by atoms with Gasteiger partial charge in [0.2, 0.25) is 0 Å². The monoisotopic (exact) mass is 786 g/mol. The van der Waals surface area contributed by atoms with Gasteiger partial charge in [-0.25, -0.2) is 4.98 Å². The van der Waals surface area contributed by atoms with Gasteiger partial charge in [-0.3, -0.25) is 14.9 Å². The van der Waals surface area contributed by atoms with Crippen molar-refractivity contribution in [3.05, 3.63) is 104 Å². The predicted molar refractivity (Wildman–Crippen MR) is 165 cm³/mol. The third-order valence-corrected chi connectivity index (χ3v) is 7.60. The van der Waals surface area contributed by atoms with Crippen LogP contribution in [-0.4, -0.2) is 20.8 Å². The first kappa shape index (κ1) is 27.6. The average Bonchev–Trinajstić information content (AvgIpc) is 2.87. The third-order valence-electron chi connectivity index (χ3n) is 5.50.